The zero-order valence-corrected chi connectivity index (χ0v) is 36.0. The minimum atomic E-state index is -4.65. The van der Waals surface area contributed by atoms with Crippen LogP contribution in [0.2, 0.25) is 0 Å². The summed E-state index contributed by atoms with van der Waals surface area (Å²) in [5.74, 6) is -1.60. The van der Waals surface area contributed by atoms with E-state index in [0.717, 1.165) is 6.42 Å². The average molecular weight is 903 g/mol. The van der Waals surface area contributed by atoms with E-state index in [-0.39, 0.29) is 75.3 Å². The van der Waals surface area contributed by atoms with Crippen LogP contribution < -0.4 is 15.8 Å². The van der Waals surface area contributed by atoms with Gasteiger partial charge in [-0.15, -0.1) is 0 Å². The van der Waals surface area contributed by atoms with Crippen molar-refractivity contribution in [3.63, 3.8) is 0 Å². The molecule has 0 spiro atoms. The van der Waals surface area contributed by atoms with Crippen LogP contribution in [0.5, 0.6) is 11.5 Å². The van der Waals surface area contributed by atoms with Crippen LogP contribution in [0.4, 0.5) is 0 Å². The van der Waals surface area contributed by atoms with E-state index in [4.69, 9.17) is 38.5 Å². The number of aliphatic hydroxyl groups excluding tert-OH is 2. The second-order valence-corrected chi connectivity index (χ2v) is 17.6. The molecular weight excluding hydrogens is 842 g/mol. The van der Waals surface area contributed by atoms with E-state index in [0.29, 0.717) is 81.8 Å². The Hall–Kier alpha value is -3.26. The summed E-state index contributed by atoms with van der Waals surface area (Å²) in [6, 6.07) is 4.29. The van der Waals surface area contributed by atoms with Crippen LogP contribution in [0, 0.1) is 11.8 Å². The molecule has 1 aromatic rings. The minimum absolute atomic E-state index is 0.0536. The van der Waals surface area contributed by atoms with Crippen LogP contribution in [-0.4, -0.2) is 140 Å². The first kappa shape index (κ1) is 50.4. The Morgan fingerprint density at radius 3 is 2.36 bits per heavy atom. The molecule has 2 aliphatic carbocycles. The molecule has 3 aliphatic rings. The lowest BCUT2D eigenvalue weighted by atomic mass is 9.66. The number of allylic oxidation sites excluding steroid dienone is 3. The van der Waals surface area contributed by atoms with Crippen molar-refractivity contribution in [2.75, 3.05) is 85.8 Å². The van der Waals surface area contributed by atoms with Crippen LogP contribution >= 0.6 is 15.9 Å². The van der Waals surface area contributed by atoms with Crippen LogP contribution in [0.3, 0.4) is 0 Å². The van der Waals surface area contributed by atoms with Gasteiger partial charge in [0.2, 0.25) is 5.91 Å². The number of benzene rings is 1. The highest BCUT2D eigenvalue weighted by Crippen LogP contribution is 2.53. The van der Waals surface area contributed by atoms with Gasteiger partial charge in [-0.05, 0) is 74.6 Å². The van der Waals surface area contributed by atoms with Gasteiger partial charge in [0.25, 0.3) is 0 Å². The maximum atomic E-state index is 13.1. The maximum Gasteiger partial charge on any atom is 0.472 e. The number of carbonyl (C=O) groups is 2. The highest BCUT2D eigenvalue weighted by Gasteiger charge is 2.52. The highest BCUT2D eigenvalue weighted by atomic mass is 31.2. The van der Waals surface area contributed by atoms with Crippen molar-refractivity contribution < 1.29 is 81.7 Å². The number of unbranched alkanes of at least 4 members (excludes halogenated alkanes) is 1. The molecule has 19 nitrogen and oxygen atoms in total. The van der Waals surface area contributed by atoms with E-state index in [1.165, 1.54) is 36.4 Å². The Balaban J connectivity index is 1.16. The number of nitrogens with one attached hydrogen (secondary N) is 1. The molecule has 1 aromatic carbocycles. The Bertz CT molecular complexity index is 1790. The number of fused-ring (bicyclic) bond motifs is 2. The third-order valence-electron chi connectivity index (χ3n) is 10.3. The molecule has 0 bridgehead atoms. The lowest BCUT2D eigenvalue weighted by Crippen LogP contribution is -2.49. The van der Waals surface area contributed by atoms with Gasteiger partial charge in [-0.3, -0.25) is 23.2 Å². The molecule has 7 atom stereocenters. The van der Waals surface area contributed by atoms with Crippen LogP contribution in [0.1, 0.15) is 44.1 Å². The van der Waals surface area contributed by atoms with Gasteiger partial charge in [-0.1, -0.05) is 12.5 Å². The minimum Gasteiger partial charge on any atom is -0.508 e. The summed E-state index contributed by atoms with van der Waals surface area (Å²) in [5.41, 5.74) is 3.76. The number of ether oxygens (including phenoxy) is 5. The number of phenolic OH excluding ortho intramolecular Hbond substituents is 1. The molecule has 4 rings (SSSR count). The number of aromatic hydroxyl groups is 1. The smallest absolute Gasteiger partial charge is 0.472 e. The number of phosphoric ester groups is 1. The number of hydrogen-bond donors (Lipinski definition) is 8. The number of aliphatic hydroxyl groups is 3. The van der Waals surface area contributed by atoms with Gasteiger partial charge in [-0.25, -0.2) is 4.57 Å². The SMILES string of the molecule is NCCCOCCOCCOCCOCC(COP(=O)(O)OCC(CO)CCCCNC(=O)C1=CC(C=O)=C(C2(O)c3ccc(O)cc3OC3C=C(O)C=CC32)CC1)[PH](=O)O. The summed E-state index contributed by atoms with van der Waals surface area (Å²) in [5, 5.41) is 45.3. The molecule has 0 saturated carbocycles. The molecule has 0 fully saturated rings. The topological polar surface area (TPSA) is 292 Å². The van der Waals surface area contributed by atoms with Crippen LogP contribution in [0.15, 0.2) is 65.0 Å². The number of hydrogen-bond acceptors (Lipinski definition) is 16. The summed E-state index contributed by atoms with van der Waals surface area (Å²) in [6.45, 7) is 1.78. The molecule has 0 aromatic heterocycles. The van der Waals surface area contributed by atoms with Crippen molar-refractivity contribution in [3.05, 3.63) is 70.5 Å². The van der Waals surface area contributed by atoms with Crippen molar-refractivity contribution in [2.45, 2.75) is 55.9 Å². The molecule has 21 heteroatoms. The first-order chi connectivity index (χ1) is 29.3. The average Bonchev–Trinajstić information content (AvgIpc) is 3.23. The second kappa shape index (κ2) is 25.8. The van der Waals surface area contributed by atoms with E-state index in [9.17, 15) is 48.9 Å². The quantitative estimate of drug-likeness (QED) is 0.0313. The number of phosphoric acid groups is 1. The molecule has 1 aliphatic heterocycles. The van der Waals surface area contributed by atoms with Crippen LogP contribution in [0.25, 0.3) is 0 Å². The fourth-order valence-electron chi connectivity index (χ4n) is 6.97. The number of phenols is 1. The second-order valence-electron chi connectivity index (χ2n) is 14.7. The lowest BCUT2D eigenvalue weighted by molar-refractivity contribution is -0.117. The lowest BCUT2D eigenvalue weighted by Gasteiger charge is -2.46. The normalized spacial score (nSPS) is 22.2. The predicted octanol–water partition coefficient (Wildman–Crippen LogP) is 2.46. The fourth-order valence-corrected chi connectivity index (χ4v) is 8.43. The van der Waals surface area contributed by atoms with E-state index in [1.54, 1.807) is 6.08 Å². The summed E-state index contributed by atoms with van der Waals surface area (Å²) >= 11 is 0. The summed E-state index contributed by atoms with van der Waals surface area (Å²) < 4.78 is 61.8. The predicted molar refractivity (Wildman–Crippen MR) is 221 cm³/mol. The molecular formula is C40H60N2O17P2. The van der Waals surface area contributed by atoms with E-state index in [1.807, 2.05) is 0 Å². The number of aldehydes is 1. The molecule has 7 unspecified atom stereocenters. The number of nitrogens with two attached hydrogens (primary N) is 1. The third kappa shape index (κ3) is 15.5. The molecule has 1 heterocycles. The molecule has 1 amide bonds. The molecule has 9 N–H and O–H groups in total. The fraction of sp³-hybridized carbons (Fsp3) is 0.600. The van der Waals surface area contributed by atoms with E-state index >= 15 is 0 Å². The number of rotatable bonds is 30. The van der Waals surface area contributed by atoms with Gasteiger partial charge >= 0.3 is 7.82 Å². The number of amides is 1. The van der Waals surface area contributed by atoms with Crippen LogP contribution in [-0.2, 0) is 52.3 Å². The zero-order chi connectivity index (χ0) is 44.3. The molecule has 342 valence electrons. The molecule has 0 radical (unpaired) electrons. The highest BCUT2D eigenvalue weighted by molar-refractivity contribution is 7.47. The van der Waals surface area contributed by atoms with Gasteiger partial charge in [0.05, 0.1) is 71.0 Å². The van der Waals surface area contributed by atoms with Gasteiger partial charge in [0, 0.05) is 48.5 Å². The summed E-state index contributed by atoms with van der Waals surface area (Å²) in [7, 11) is -7.84. The summed E-state index contributed by atoms with van der Waals surface area (Å²) in [6.07, 6.45) is 8.28. The number of carbonyl (C=O) groups excluding carboxylic acids is 2. The Labute approximate surface area is 355 Å². The largest absolute Gasteiger partial charge is 0.508 e. The maximum absolute atomic E-state index is 13.1. The summed E-state index contributed by atoms with van der Waals surface area (Å²) in [4.78, 5) is 45.4. The Kier molecular flexibility index (Phi) is 21.3. The van der Waals surface area contributed by atoms with Crippen molar-refractivity contribution in [2.24, 2.45) is 17.6 Å². The van der Waals surface area contributed by atoms with Crippen molar-refractivity contribution in [3.8, 4) is 11.5 Å². The zero-order valence-electron chi connectivity index (χ0n) is 34.1. The van der Waals surface area contributed by atoms with Crippen molar-refractivity contribution in [1.82, 2.24) is 5.32 Å². The van der Waals surface area contributed by atoms with Gasteiger partial charge in [0.1, 0.15) is 35.2 Å². The first-order valence-electron chi connectivity index (χ1n) is 20.3. The van der Waals surface area contributed by atoms with E-state index < -0.39 is 57.6 Å². The van der Waals surface area contributed by atoms with Crippen molar-refractivity contribution >= 4 is 28.0 Å². The van der Waals surface area contributed by atoms with Gasteiger partial charge in [-0.2, -0.15) is 0 Å². The molecule has 61 heavy (non-hydrogen) atoms. The monoisotopic (exact) mass is 902 g/mol. The van der Waals surface area contributed by atoms with E-state index in [2.05, 4.69) is 5.32 Å². The van der Waals surface area contributed by atoms with Crippen molar-refractivity contribution in [1.29, 1.82) is 0 Å². The Morgan fingerprint density at radius 2 is 1.69 bits per heavy atom. The Morgan fingerprint density at radius 1 is 1.00 bits per heavy atom. The first-order valence-corrected chi connectivity index (χ1v) is 23.2. The molecule has 0 saturated heterocycles. The standard InChI is InChI=1S/C40H60N2O17P2/c41-11-3-13-53-14-15-54-16-17-55-18-19-56-26-33(60(49)50)27-58-61(51,52)57-25-28(23-43)4-1-2-12-42-39(47)29-5-8-34(30(20-29)24-44)40(48)35-9-6-31(45)21-37(35)59-38-22-32(46)7-10-36(38)40/h6-7,9-10,20-22,24,28,33,35,37,43,45-46,48,60H,1-5,8,11-19,23,25-27,41H2,(H,42,47)(H,49,50)(H,51,52). The van der Waals surface area contributed by atoms with Gasteiger partial charge in [0.15, 0.2) is 8.03 Å². The van der Waals surface area contributed by atoms with Gasteiger partial charge < -0.3 is 64.9 Å². The third-order valence-corrected chi connectivity index (χ3v) is 12.2.